The van der Waals surface area contributed by atoms with Crippen molar-refractivity contribution >= 4 is 29.3 Å². The fraction of sp³-hybridized carbons (Fsp3) is 0.857. The number of hydrogen-bond acceptors (Lipinski definition) is 3. The lowest BCUT2D eigenvalue weighted by molar-refractivity contribution is 0.269. The molecule has 0 aliphatic heterocycles. The van der Waals surface area contributed by atoms with Gasteiger partial charge in [-0.1, -0.05) is 22.6 Å². The van der Waals surface area contributed by atoms with Crippen LogP contribution >= 0.6 is 22.6 Å². The molecular formula is C7H16IN3. The lowest BCUT2D eigenvalue weighted by Gasteiger charge is -2.28. The summed E-state index contributed by atoms with van der Waals surface area (Å²) in [7, 11) is 3.96. The van der Waals surface area contributed by atoms with Crippen molar-refractivity contribution in [3.05, 3.63) is 0 Å². The Bertz CT molecular complexity index is 129. The predicted molar refractivity (Wildman–Crippen MR) is 58.5 cm³/mol. The third-order valence-electron chi connectivity index (χ3n) is 1.67. The summed E-state index contributed by atoms with van der Waals surface area (Å²) in [4.78, 5) is 6.21. The minimum atomic E-state index is -0.208. The maximum absolute atomic E-state index is 4.02. The van der Waals surface area contributed by atoms with Crippen LogP contribution in [0.3, 0.4) is 0 Å². The standard InChI is InChI=1S/C7H16IN3/c1-7(9-2,10-3)5-11(4)6-8/h10H,2,5-6H2,1,3-4H3. The van der Waals surface area contributed by atoms with Gasteiger partial charge in [-0.3, -0.25) is 15.2 Å². The summed E-state index contributed by atoms with van der Waals surface area (Å²) >= 11 is 2.32. The molecule has 11 heavy (non-hydrogen) atoms. The minimum absolute atomic E-state index is 0.208. The highest BCUT2D eigenvalue weighted by Gasteiger charge is 2.20. The van der Waals surface area contributed by atoms with Crippen LogP contribution in [0, 0.1) is 0 Å². The van der Waals surface area contributed by atoms with Crippen molar-refractivity contribution in [3.63, 3.8) is 0 Å². The molecule has 1 atom stereocenters. The van der Waals surface area contributed by atoms with Gasteiger partial charge in [-0.05, 0) is 27.7 Å². The SMILES string of the molecule is C=NC(C)(CN(C)CI)NC. The highest BCUT2D eigenvalue weighted by atomic mass is 127. The van der Waals surface area contributed by atoms with Gasteiger partial charge in [-0.2, -0.15) is 0 Å². The van der Waals surface area contributed by atoms with Crippen LogP contribution in [-0.4, -0.2) is 42.5 Å². The summed E-state index contributed by atoms with van der Waals surface area (Å²) in [5, 5.41) is 3.12. The van der Waals surface area contributed by atoms with Gasteiger partial charge >= 0.3 is 0 Å². The van der Waals surface area contributed by atoms with Crippen molar-refractivity contribution in [1.29, 1.82) is 0 Å². The van der Waals surface area contributed by atoms with Crippen molar-refractivity contribution < 1.29 is 0 Å². The molecule has 0 heterocycles. The minimum Gasteiger partial charge on any atom is -0.295 e. The molecule has 0 bridgehead atoms. The van der Waals surface area contributed by atoms with Crippen LogP contribution in [0.1, 0.15) is 6.92 Å². The Morgan fingerprint density at radius 1 is 1.73 bits per heavy atom. The molecular weight excluding hydrogens is 253 g/mol. The normalized spacial score (nSPS) is 16.5. The smallest absolute Gasteiger partial charge is 0.119 e. The fourth-order valence-electron chi connectivity index (χ4n) is 0.776. The van der Waals surface area contributed by atoms with Crippen molar-refractivity contribution in [2.24, 2.45) is 4.99 Å². The van der Waals surface area contributed by atoms with Gasteiger partial charge in [0.1, 0.15) is 5.66 Å². The topological polar surface area (TPSA) is 27.6 Å². The second-order valence-electron chi connectivity index (χ2n) is 2.82. The molecule has 66 valence electrons. The van der Waals surface area contributed by atoms with Crippen LogP contribution in [0.4, 0.5) is 0 Å². The molecule has 0 saturated carbocycles. The van der Waals surface area contributed by atoms with Gasteiger partial charge in [0.25, 0.3) is 0 Å². The van der Waals surface area contributed by atoms with E-state index in [0.717, 1.165) is 11.1 Å². The second kappa shape index (κ2) is 5.05. The first kappa shape index (κ1) is 11.3. The van der Waals surface area contributed by atoms with Gasteiger partial charge in [0.2, 0.25) is 0 Å². The zero-order chi connectivity index (χ0) is 8.91. The van der Waals surface area contributed by atoms with Crippen LogP contribution in [0.25, 0.3) is 0 Å². The summed E-state index contributed by atoms with van der Waals surface area (Å²) in [6.07, 6.45) is 0. The van der Waals surface area contributed by atoms with Gasteiger partial charge < -0.3 is 0 Å². The highest BCUT2D eigenvalue weighted by molar-refractivity contribution is 14.1. The number of hydrogen-bond donors (Lipinski definition) is 1. The van der Waals surface area contributed by atoms with Crippen molar-refractivity contribution in [3.8, 4) is 0 Å². The molecule has 0 fully saturated rings. The third-order valence-corrected chi connectivity index (χ3v) is 2.83. The first-order chi connectivity index (χ1) is 5.08. The predicted octanol–water partition coefficient (Wildman–Crippen LogP) is 0.947. The molecule has 0 radical (unpaired) electrons. The first-order valence-corrected chi connectivity index (χ1v) is 5.02. The molecule has 0 aromatic heterocycles. The summed E-state index contributed by atoms with van der Waals surface area (Å²) < 4.78 is 1.00. The van der Waals surface area contributed by atoms with E-state index in [1.54, 1.807) is 0 Å². The van der Waals surface area contributed by atoms with E-state index in [0.29, 0.717) is 0 Å². The highest BCUT2D eigenvalue weighted by Crippen LogP contribution is 2.06. The van der Waals surface area contributed by atoms with Crippen LogP contribution < -0.4 is 5.32 Å². The third kappa shape index (κ3) is 4.03. The molecule has 3 nitrogen and oxygen atoms in total. The maximum Gasteiger partial charge on any atom is 0.119 e. The van der Waals surface area contributed by atoms with Crippen LogP contribution in [0.5, 0.6) is 0 Å². The average molecular weight is 269 g/mol. The molecule has 0 aliphatic rings. The molecule has 0 saturated heterocycles. The number of aliphatic imine (C=N–C) groups is 1. The zero-order valence-electron chi connectivity index (χ0n) is 7.39. The molecule has 0 aliphatic carbocycles. The quantitative estimate of drug-likeness (QED) is 0.348. The van der Waals surface area contributed by atoms with Crippen LogP contribution in [0.2, 0.25) is 0 Å². The summed E-state index contributed by atoms with van der Waals surface area (Å²) in [5.41, 5.74) is -0.208. The van der Waals surface area contributed by atoms with Crippen LogP contribution in [-0.2, 0) is 0 Å². The summed E-state index contributed by atoms with van der Waals surface area (Å²) in [6.45, 7) is 6.46. The zero-order valence-corrected chi connectivity index (χ0v) is 9.55. The largest absolute Gasteiger partial charge is 0.295 e. The Balaban J connectivity index is 3.96. The summed E-state index contributed by atoms with van der Waals surface area (Å²) in [6, 6.07) is 0. The van der Waals surface area contributed by atoms with E-state index in [4.69, 9.17) is 0 Å². The summed E-state index contributed by atoms with van der Waals surface area (Å²) in [5.74, 6) is 0. The number of halogens is 1. The molecule has 1 N–H and O–H groups in total. The number of rotatable bonds is 5. The van der Waals surface area contributed by atoms with Crippen molar-refractivity contribution in [1.82, 2.24) is 10.2 Å². The van der Waals surface area contributed by atoms with Gasteiger partial charge in [-0.25, -0.2) is 0 Å². The van der Waals surface area contributed by atoms with Crippen LogP contribution in [0.15, 0.2) is 4.99 Å². The fourth-order valence-corrected chi connectivity index (χ4v) is 1.02. The number of alkyl halides is 1. The Kier molecular flexibility index (Phi) is 5.20. The molecule has 0 aromatic carbocycles. The average Bonchev–Trinajstić information content (AvgIpc) is 2.04. The van der Waals surface area contributed by atoms with E-state index in [1.807, 2.05) is 14.0 Å². The van der Waals surface area contributed by atoms with Gasteiger partial charge in [0.05, 0.1) is 4.55 Å². The van der Waals surface area contributed by atoms with Gasteiger partial charge in [0.15, 0.2) is 0 Å². The van der Waals surface area contributed by atoms with E-state index < -0.39 is 0 Å². The molecule has 4 heteroatoms. The molecule has 0 spiro atoms. The molecule has 0 aromatic rings. The molecule has 1 unspecified atom stereocenters. The Morgan fingerprint density at radius 3 is 2.55 bits per heavy atom. The van der Waals surface area contributed by atoms with Crippen molar-refractivity contribution in [2.45, 2.75) is 12.6 Å². The number of nitrogens with zero attached hydrogens (tertiary/aromatic N) is 2. The Hall–Kier alpha value is 0.320. The number of likely N-dealkylation sites (N-methyl/N-ethyl adjacent to an activating group) is 2. The Labute approximate surface area is 82.4 Å². The van der Waals surface area contributed by atoms with E-state index >= 15 is 0 Å². The first-order valence-electron chi connectivity index (χ1n) is 3.49. The van der Waals surface area contributed by atoms with E-state index in [2.05, 4.69) is 51.6 Å². The second-order valence-corrected chi connectivity index (χ2v) is 3.50. The van der Waals surface area contributed by atoms with Crippen molar-refractivity contribution in [2.75, 3.05) is 25.2 Å². The Morgan fingerprint density at radius 2 is 2.27 bits per heavy atom. The maximum atomic E-state index is 4.02. The van der Waals surface area contributed by atoms with E-state index in [9.17, 15) is 0 Å². The lowest BCUT2D eigenvalue weighted by Crippen LogP contribution is -2.46. The monoisotopic (exact) mass is 269 g/mol. The van der Waals surface area contributed by atoms with Gasteiger partial charge in [0, 0.05) is 6.54 Å². The molecule has 0 amide bonds. The van der Waals surface area contributed by atoms with E-state index in [-0.39, 0.29) is 5.66 Å². The van der Waals surface area contributed by atoms with E-state index in [1.165, 1.54) is 0 Å². The molecule has 0 rings (SSSR count). The van der Waals surface area contributed by atoms with Gasteiger partial charge in [-0.15, -0.1) is 0 Å². The number of nitrogens with one attached hydrogen (secondary N) is 1. The lowest BCUT2D eigenvalue weighted by atomic mass is 10.2.